The number of amides is 2. The van der Waals surface area contributed by atoms with Gasteiger partial charge >= 0.3 is 0 Å². The maximum atomic E-state index is 15.6. The van der Waals surface area contributed by atoms with Crippen LogP contribution >= 0.6 is 0 Å². The van der Waals surface area contributed by atoms with Crippen molar-refractivity contribution < 1.29 is 14.0 Å². The number of halogens is 1. The molecule has 6 aromatic carbocycles. The Morgan fingerprint density at radius 2 is 1.29 bits per heavy atom. The number of hydrogen-bond donors (Lipinski definition) is 2. The number of aromatic nitrogens is 3. The normalized spacial score (nSPS) is 14.2. The van der Waals surface area contributed by atoms with Crippen LogP contribution in [-0.2, 0) is 16.9 Å². The van der Waals surface area contributed by atoms with Crippen molar-refractivity contribution in [1.29, 1.82) is 0 Å². The Balaban J connectivity index is 1.16. The van der Waals surface area contributed by atoms with Gasteiger partial charge in [0.05, 0.1) is 30.0 Å². The fourth-order valence-electron chi connectivity index (χ4n) is 7.73. The van der Waals surface area contributed by atoms with Crippen LogP contribution in [0.3, 0.4) is 0 Å². The summed E-state index contributed by atoms with van der Waals surface area (Å²) in [5, 5.41) is 3.70. The van der Waals surface area contributed by atoms with Gasteiger partial charge in [0, 0.05) is 28.2 Å². The van der Waals surface area contributed by atoms with Gasteiger partial charge in [-0.15, -0.1) is 0 Å². The third kappa shape index (κ3) is 6.05. The van der Waals surface area contributed by atoms with Crippen LogP contribution in [0.5, 0.6) is 0 Å². The first-order valence-electron chi connectivity index (χ1n) is 18.3. The number of benzodiazepines with no additional fused rings is 1. The number of carbonyl (C=O) groups excluding carboxylic acids is 2. The first-order valence-corrected chi connectivity index (χ1v) is 18.3. The third-order valence-electron chi connectivity index (χ3n) is 10.3. The number of imidazole rings is 1. The van der Waals surface area contributed by atoms with E-state index >= 15 is 4.39 Å². The molecule has 2 N–H and O–H groups in total. The van der Waals surface area contributed by atoms with E-state index in [0.717, 1.165) is 27.6 Å². The van der Waals surface area contributed by atoms with E-state index in [0.29, 0.717) is 16.9 Å². The van der Waals surface area contributed by atoms with Gasteiger partial charge in [-0.25, -0.2) is 14.4 Å². The summed E-state index contributed by atoms with van der Waals surface area (Å²) in [4.78, 5) is 43.1. The Labute approximate surface area is 322 Å². The zero-order valence-electron chi connectivity index (χ0n) is 30.1. The first-order chi connectivity index (χ1) is 27.5. The summed E-state index contributed by atoms with van der Waals surface area (Å²) in [5.41, 5.74) is 5.43. The zero-order valence-corrected chi connectivity index (χ0v) is 30.1. The van der Waals surface area contributed by atoms with E-state index in [1.807, 2.05) is 109 Å². The quantitative estimate of drug-likeness (QED) is 0.146. The molecule has 0 saturated heterocycles. The molecule has 0 unspecified atom stereocenters. The van der Waals surface area contributed by atoms with Gasteiger partial charge in [-0.2, -0.15) is 0 Å². The van der Waals surface area contributed by atoms with E-state index in [1.54, 1.807) is 35.5 Å². The monoisotopic (exact) mass is 734 g/mol. The molecule has 0 saturated carbocycles. The number of aliphatic imine (C=N–C) groups is 1. The molecule has 0 fully saturated rings. The lowest BCUT2D eigenvalue weighted by atomic mass is 9.77. The van der Waals surface area contributed by atoms with Crippen LogP contribution in [0, 0.1) is 5.82 Å². The number of nitrogens with one attached hydrogen (secondary N) is 2. The Bertz CT molecular complexity index is 2590. The lowest BCUT2D eigenvalue weighted by Gasteiger charge is -2.37. The Morgan fingerprint density at radius 1 is 0.714 bits per heavy atom. The number of aromatic amines is 1. The van der Waals surface area contributed by atoms with Crippen LogP contribution in [-0.4, -0.2) is 38.2 Å². The fourth-order valence-corrected chi connectivity index (χ4v) is 7.73. The molecule has 0 aliphatic carbocycles. The van der Waals surface area contributed by atoms with Gasteiger partial charge in [0.1, 0.15) is 17.1 Å². The largest absolute Gasteiger partial charge is 0.351 e. The molecule has 9 heteroatoms. The molecule has 8 aromatic rings. The van der Waals surface area contributed by atoms with E-state index < -0.39 is 29.3 Å². The van der Waals surface area contributed by atoms with Crippen LogP contribution in [0.15, 0.2) is 187 Å². The maximum Gasteiger partial charge on any atom is 0.272 e. The molecule has 0 spiro atoms. The Morgan fingerprint density at radius 3 is 1.93 bits per heavy atom. The highest BCUT2D eigenvalue weighted by Crippen LogP contribution is 2.41. The summed E-state index contributed by atoms with van der Waals surface area (Å²) in [6.45, 7) is 0.0378. The van der Waals surface area contributed by atoms with Gasteiger partial charge in [-0.05, 0) is 47.0 Å². The second-order valence-electron chi connectivity index (χ2n) is 13.6. The number of para-hydroxylation sites is 2. The predicted molar refractivity (Wildman–Crippen MR) is 216 cm³/mol. The van der Waals surface area contributed by atoms with Crippen molar-refractivity contribution in [1.82, 2.24) is 19.9 Å². The maximum absolute atomic E-state index is 15.6. The van der Waals surface area contributed by atoms with Crippen molar-refractivity contribution in [2.75, 3.05) is 4.90 Å². The number of H-pyrrole nitrogens is 1. The second-order valence-corrected chi connectivity index (χ2v) is 13.6. The number of nitrogens with zero attached hydrogens (tertiary/aromatic N) is 4. The molecule has 3 heterocycles. The van der Waals surface area contributed by atoms with Crippen LogP contribution in [0.2, 0.25) is 0 Å². The summed E-state index contributed by atoms with van der Waals surface area (Å²) in [5.74, 6) is -1.52. The average molecular weight is 735 g/mol. The molecule has 1 aliphatic heterocycles. The summed E-state index contributed by atoms with van der Waals surface area (Å²) in [6.07, 6.45) is 2.37. The standard InChI is InChI=1S/C47H35FN6O2/c48-39-25-13-11-23-37(39)43-38-24-12-15-27-42(38)54(46(56)44(51-43)52-45(55)41-28-32-16-10-14-26-40(32)50-41)30-36-29-53(31-49-36)47(33-17-4-1-5-18-33,34-19-6-2-7-20-34)35-21-8-3-9-22-35/h1-29,31,44,50H,30H2,(H,52,55)/t44-/m0/s1. The molecule has 0 radical (unpaired) electrons. The van der Waals surface area contributed by atoms with Crippen LogP contribution in [0.4, 0.5) is 10.1 Å². The van der Waals surface area contributed by atoms with Crippen molar-refractivity contribution >= 4 is 34.1 Å². The lowest BCUT2D eigenvalue weighted by molar-refractivity contribution is -0.120. The summed E-state index contributed by atoms with van der Waals surface area (Å²) >= 11 is 0. The van der Waals surface area contributed by atoms with Crippen molar-refractivity contribution in [2.45, 2.75) is 18.2 Å². The third-order valence-corrected chi connectivity index (χ3v) is 10.3. The minimum atomic E-state index is -1.39. The predicted octanol–water partition coefficient (Wildman–Crippen LogP) is 8.48. The van der Waals surface area contributed by atoms with Crippen molar-refractivity contribution in [3.63, 3.8) is 0 Å². The van der Waals surface area contributed by atoms with Gasteiger partial charge < -0.3 is 19.8 Å². The van der Waals surface area contributed by atoms with Gasteiger partial charge in [-0.1, -0.05) is 140 Å². The Hall–Kier alpha value is -7.39. The van der Waals surface area contributed by atoms with E-state index in [1.165, 1.54) is 6.07 Å². The van der Waals surface area contributed by atoms with E-state index in [-0.39, 0.29) is 23.5 Å². The minimum Gasteiger partial charge on any atom is -0.351 e. The number of carbonyl (C=O) groups is 2. The highest BCUT2D eigenvalue weighted by atomic mass is 19.1. The molecule has 1 atom stereocenters. The number of rotatable bonds is 9. The highest BCUT2D eigenvalue weighted by molar-refractivity contribution is 6.20. The zero-order chi connectivity index (χ0) is 38.1. The van der Waals surface area contributed by atoms with Gasteiger partial charge in [0.15, 0.2) is 0 Å². The highest BCUT2D eigenvalue weighted by Gasteiger charge is 2.39. The topological polar surface area (TPSA) is 95.4 Å². The van der Waals surface area contributed by atoms with Crippen LogP contribution < -0.4 is 10.2 Å². The summed E-state index contributed by atoms with van der Waals surface area (Å²) < 4.78 is 17.7. The van der Waals surface area contributed by atoms with Gasteiger partial charge in [-0.3, -0.25) is 9.59 Å². The SMILES string of the molecule is O=C(N[C@@H]1N=C(c2ccccc2F)c2ccccc2N(Cc2cn(C(c3ccccc3)(c3ccccc3)c3ccccc3)cn2)C1=O)c1cc2ccccc2[nH]1. The average Bonchev–Trinajstić information content (AvgIpc) is 3.89. The fraction of sp³-hybridized carbons (Fsp3) is 0.0638. The molecule has 1 aliphatic rings. The Kier molecular flexibility index (Phi) is 8.87. The van der Waals surface area contributed by atoms with E-state index in [4.69, 9.17) is 9.98 Å². The molecule has 56 heavy (non-hydrogen) atoms. The number of fused-ring (bicyclic) bond motifs is 2. The van der Waals surface area contributed by atoms with Gasteiger partial charge in [0.25, 0.3) is 11.8 Å². The number of benzene rings is 6. The van der Waals surface area contributed by atoms with E-state index in [2.05, 4.69) is 51.3 Å². The molecular formula is C47H35FN6O2. The molecule has 9 rings (SSSR count). The van der Waals surface area contributed by atoms with E-state index in [9.17, 15) is 9.59 Å². The first kappa shape index (κ1) is 34.4. The summed E-state index contributed by atoms with van der Waals surface area (Å²) in [7, 11) is 0. The lowest BCUT2D eigenvalue weighted by Crippen LogP contribution is -2.47. The second kappa shape index (κ2) is 14.4. The van der Waals surface area contributed by atoms with Crippen molar-refractivity contribution in [3.8, 4) is 0 Å². The summed E-state index contributed by atoms with van der Waals surface area (Å²) in [6, 6.07) is 53.6. The number of anilines is 1. The molecular weight excluding hydrogens is 700 g/mol. The minimum absolute atomic E-state index is 0.0378. The van der Waals surface area contributed by atoms with Crippen molar-refractivity contribution in [3.05, 3.63) is 227 Å². The van der Waals surface area contributed by atoms with Crippen molar-refractivity contribution in [2.24, 2.45) is 4.99 Å². The molecule has 2 aromatic heterocycles. The van der Waals surface area contributed by atoms with Crippen LogP contribution in [0.25, 0.3) is 10.9 Å². The smallest absolute Gasteiger partial charge is 0.272 e. The number of hydrogen-bond acceptors (Lipinski definition) is 4. The molecule has 272 valence electrons. The van der Waals surface area contributed by atoms with Crippen LogP contribution in [0.1, 0.15) is 44.0 Å². The van der Waals surface area contributed by atoms with Gasteiger partial charge in [0.2, 0.25) is 6.17 Å². The molecule has 0 bridgehead atoms. The molecule has 8 nitrogen and oxygen atoms in total. The molecule has 2 amide bonds.